The van der Waals surface area contributed by atoms with Crippen LogP contribution in [-0.2, 0) is 16.4 Å². The highest BCUT2D eigenvalue weighted by atomic mass is 35.5. The van der Waals surface area contributed by atoms with Gasteiger partial charge in [0.15, 0.2) is 14.6 Å². The summed E-state index contributed by atoms with van der Waals surface area (Å²) in [6.45, 7) is 2.71. The highest BCUT2D eigenvalue weighted by molar-refractivity contribution is 7.90. The Bertz CT molecular complexity index is 1430. The second kappa shape index (κ2) is 7.68. The van der Waals surface area contributed by atoms with E-state index >= 15 is 0 Å². The van der Waals surface area contributed by atoms with Gasteiger partial charge in [0.25, 0.3) is 5.91 Å². The van der Waals surface area contributed by atoms with Crippen LogP contribution in [0.4, 0.5) is 0 Å². The maximum atomic E-state index is 12.9. The average molecular weight is 465 g/mol. The van der Waals surface area contributed by atoms with Crippen LogP contribution in [0.5, 0.6) is 0 Å². The Kier molecular flexibility index (Phi) is 5.37. The van der Waals surface area contributed by atoms with Crippen LogP contribution in [0.3, 0.4) is 0 Å². The molecule has 2 aromatic heterocycles. The Balaban J connectivity index is 1.88. The van der Waals surface area contributed by atoms with Crippen LogP contribution in [0.2, 0.25) is 5.02 Å². The number of halogens is 1. The first-order chi connectivity index (χ1) is 13.8. The van der Waals surface area contributed by atoms with Crippen molar-refractivity contribution in [2.24, 2.45) is 4.99 Å². The molecule has 0 aliphatic rings. The van der Waals surface area contributed by atoms with Crippen molar-refractivity contribution in [3.63, 3.8) is 0 Å². The predicted octanol–water partition coefficient (Wildman–Crippen LogP) is 5.13. The van der Waals surface area contributed by atoms with Crippen molar-refractivity contribution in [3.8, 4) is 0 Å². The van der Waals surface area contributed by atoms with Gasteiger partial charge in [-0.15, -0.1) is 11.3 Å². The smallest absolute Gasteiger partial charge is 0.291 e. The van der Waals surface area contributed by atoms with E-state index < -0.39 is 15.7 Å². The predicted molar refractivity (Wildman–Crippen MR) is 120 cm³/mol. The molecule has 5 nitrogen and oxygen atoms in total. The van der Waals surface area contributed by atoms with Gasteiger partial charge < -0.3 is 4.57 Å². The Labute approximate surface area is 180 Å². The summed E-state index contributed by atoms with van der Waals surface area (Å²) in [7, 11) is -3.31. The second-order valence-electron chi connectivity index (χ2n) is 6.60. The number of hydrogen-bond donors (Lipinski definition) is 0. The van der Waals surface area contributed by atoms with Crippen molar-refractivity contribution in [2.75, 3.05) is 6.26 Å². The van der Waals surface area contributed by atoms with Crippen LogP contribution < -0.4 is 4.80 Å². The normalized spacial score (nSPS) is 12.9. The average Bonchev–Trinajstić information content (AvgIpc) is 3.19. The fourth-order valence-corrected chi connectivity index (χ4v) is 6.31. The Morgan fingerprint density at radius 2 is 1.90 bits per heavy atom. The number of aryl methyl sites for hydroxylation is 1. The summed E-state index contributed by atoms with van der Waals surface area (Å²) in [4.78, 5) is 18.5. The number of rotatable bonds is 4. The molecule has 2 heterocycles. The van der Waals surface area contributed by atoms with Gasteiger partial charge >= 0.3 is 0 Å². The third-order valence-electron chi connectivity index (χ3n) is 4.46. The summed E-state index contributed by atoms with van der Waals surface area (Å²) < 4.78 is 27.4. The Morgan fingerprint density at radius 1 is 1.14 bits per heavy atom. The molecule has 0 saturated carbocycles. The molecule has 0 saturated heterocycles. The van der Waals surface area contributed by atoms with E-state index in [1.165, 1.54) is 28.9 Å². The molecule has 4 rings (SSSR count). The van der Waals surface area contributed by atoms with Crippen molar-refractivity contribution >= 4 is 70.3 Å². The molecule has 0 atom stereocenters. The Hall–Kier alpha value is -2.00. The largest absolute Gasteiger partial charge is 0.316 e. The molecule has 0 unspecified atom stereocenters. The van der Waals surface area contributed by atoms with Crippen LogP contribution in [0, 0.1) is 0 Å². The molecule has 2 aromatic carbocycles. The van der Waals surface area contributed by atoms with E-state index in [1.807, 2.05) is 35.8 Å². The highest BCUT2D eigenvalue weighted by Crippen LogP contribution is 2.35. The third kappa shape index (κ3) is 3.77. The number of amides is 1. The number of thiazole rings is 1. The minimum absolute atomic E-state index is 0.250. The fraction of sp³-hybridized carbons (Fsp3) is 0.200. The summed E-state index contributed by atoms with van der Waals surface area (Å²) in [5.74, 6) is -0.393. The van der Waals surface area contributed by atoms with Crippen molar-refractivity contribution in [2.45, 2.75) is 24.8 Å². The van der Waals surface area contributed by atoms with Crippen molar-refractivity contribution in [1.82, 2.24) is 4.57 Å². The van der Waals surface area contributed by atoms with E-state index in [9.17, 15) is 13.2 Å². The molecule has 1 amide bonds. The van der Waals surface area contributed by atoms with Gasteiger partial charge in [-0.1, -0.05) is 48.1 Å². The van der Waals surface area contributed by atoms with Crippen LogP contribution in [0.25, 0.3) is 20.3 Å². The number of carbonyl (C=O) groups is 1. The molecule has 0 aliphatic heterocycles. The standard InChI is InChI=1S/C20H17ClN2O3S3/c1-3-10-23-14-9-8-12(29(2,25)26)11-16(14)28-20(23)22-19(24)18-17(21)13-6-4-5-7-15(13)27-18/h4-9,11H,3,10H2,1-2H3. The van der Waals surface area contributed by atoms with E-state index in [-0.39, 0.29) is 4.90 Å². The quantitative estimate of drug-likeness (QED) is 0.420. The molecule has 0 aliphatic carbocycles. The lowest BCUT2D eigenvalue weighted by Crippen LogP contribution is -2.16. The minimum atomic E-state index is -3.31. The number of hydrogen-bond acceptors (Lipinski definition) is 5. The maximum Gasteiger partial charge on any atom is 0.291 e. The van der Waals surface area contributed by atoms with E-state index in [2.05, 4.69) is 4.99 Å². The second-order valence-corrected chi connectivity index (χ2v) is 11.1. The number of sulfone groups is 1. The summed E-state index contributed by atoms with van der Waals surface area (Å²) in [6, 6.07) is 12.6. The lowest BCUT2D eigenvalue weighted by atomic mass is 10.2. The Morgan fingerprint density at radius 3 is 2.59 bits per heavy atom. The minimum Gasteiger partial charge on any atom is -0.316 e. The van der Waals surface area contributed by atoms with Gasteiger partial charge in [-0.3, -0.25) is 4.79 Å². The highest BCUT2D eigenvalue weighted by Gasteiger charge is 2.18. The van der Waals surface area contributed by atoms with E-state index in [0.717, 1.165) is 26.7 Å². The fourth-order valence-electron chi connectivity index (χ4n) is 3.10. The molecule has 4 aromatic rings. The molecule has 0 N–H and O–H groups in total. The van der Waals surface area contributed by atoms with Crippen molar-refractivity contribution in [1.29, 1.82) is 0 Å². The van der Waals surface area contributed by atoms with Gasteiger partial charge in [0, 0.05) is 22.9 Å². The van der Waals surface area contributed by atoms with E-state index in [4.69, 9.17) is 11.6 Å². The van der Waals surface area contributed by atoms with E-state index in [1.54, 1.807) is 18.2 Å². The topological polar surface area (TPSA) is 68.5 Å². The summed E-state index contributed by atoms with van der Waals surface area (Å²) >= 11 is 9.05. The molecule has 29 heavy (non-hydrogen) atoms. The van der Waals surface area contributed by atoms with E-state index in [0.29, 0.717) is 21.2 Å². The molecule has 9 heteroatoms. The summed E-state index contributed by atoms with van der Waals surface area (Å²) in [6.07, 6.45) is 2.03. The summed E-state index contributed by atoms with van der Waals surface area (Å²) in [5, 5.41) is 1.26. The third-order valence-corrected chi connectivity index (χ3v) is 8.27. The first-order valence-corrected chi connectivity index (χ1v) is 12.8. The SMILES string of the molecule is CCCn1c(=NC(=O)c2sc3ccccc3c2Cl)sc2cc(S(C)(=O)=O)ccc21. The van der Waals surface area contributed by atoms with Crippen molar-refractivity contribution in [3.05, 3.63) is 57.2 Å². The molecule has 0 radical (unpaired) electrons. The molecule has 0 spiro atoms. The van der Waals surface area contributed by atoms with Gasteiger partial charge in [-0.25, -0.2) is 8.42 Å². The maximum absolute atomic E-state index is 12.9. The zero-order chi connectivity index (χ0) is 20.8. The lowest BCUT2D eigenvalue weighted by Gasteiger charge is -2.03. The van der Waals surface area contributed by atoms with Crippen LogP contribution in [0.1, 0.15) is 23.0 Å². The molecule has 0 fully saturated rings. The number of fused-ring (bicyclic) bond motifs is 2. The first-order valence-electron chi connectivity index (χ1n) is 8.89. The number of aromatic nitrogens is 1. The number of benzene rings is 2. The molecular weight excluding hydrogens is 448 g/mol. The monoisotopic (exact) mass is 464 g/mol. The zero-order valence-electron chi connectivity index (χ0n) is 15.7. The number of thiophene rings is 1. The van der Waals surface area contributed by atoms with Crippen LogP contribution >= 0.6 is 34.3 Å². The zero-order valence-corrected chi connectivity index (χ0v) is 18.9. The first kappa shape index (κ1) is 20.3. The number of carbonyl (C=O) groups excluding carboxylic acids is 1. The molecule has 150 valence electrons. The van der Waals surface area contributed by atoms with Crippen LogP contribution in [0.15, 0.2) is 52.4 Å². The van der Waals surface area contributed by atoms with Crippen molar-refractivity contribution < 1.29 is 13.2 Å². The van der Waals surface area contributed by atoms with Gasteiger partial charge in [-0.2, -0.15) is 4.99 Å². The van der Waals surface area contributed by atoms with Gasteiger partial charge in [0.1, 0.15) is 4.88 Å². The van der Waals surface area contributed by atoms with Gasteiger partial charge in [0.05, 0.1) is 20.1 Å². The molecular formula is C20H17ClN2O3S3. The molecule has 0 bridgehead atoms. The summed E-state index contributed by atoms with van der Waals surface area (Å²) in [5.41, 5.74) is 0.859. The lowest BCUT2D eigenvalue weighted by molar-refractivity contribution is 0.100. The van der Waals surface area contributed by atoms with Gasteiger partial charge in [-0.05, 0) is 30.7 Å². The van der Waals surface area contributed by atoms with Crippen LogP contribution in [-0.4, -0.2) is 25.1 Å². The van der Waals surface area contributed by atoms with Gasteiger partial charge in [0.2, 0.25) is 0 Å². The number of nitrogens with zero attached hydrogens (tertiary/aromatic N) is 2.